The minimum absolute atomic E-state index is 0.156. The Morgan fingerprint density at radius 1 is 1.31 bits per heavy atom. The molecule has 6 heteroatoms. The maximum atomic E-state index is 10.4. The van der Waals surface area contributed by atoms with E-state index in [4.69, 9.17) is 0 Å². The molecule has 0 aromatic rings. The van der Waals surface area contributed by atoms with E-state index in [1.165, 1.54) is 6.08 Å². The fraction of sp³-hybridized carbons (Fsp3) is 0.143. The summed E-state index contributed by atoms with van der Waals surface area (Å²) in [4.78, 5) is 19.3. The van der Waals surface area contributed by atoms with Crippen molar-refractivity contribution in [1.29, 1.82) is 0 Å². The average molecular weight is 182 g/mol. The van der Waals surface area contributed by atoms with E-state index in [0.29, 0.717) is 0 Å². The molecule has 0 amide bonds. The first-order chi connectivity index (χ1) is 6.02. The molecular formula is C7H6N2O4. The van der Waals surface area contributed by atoms with Crippen molar-refractivity contribution in [3.63, 3.8) is 0 Å². The molecule has 1 aliphatic carbocycles. The lowest BCUT2D eigenvalue weighted by Gasteiger charge is -2.03. The minimum atomic E-state index is -0.668. The predicted molar refractivity (Wildman–Crippen MR) is 43.9 cm³/mol. The summed E-state index contributed by atoms with van der Waals surface area (Å²) >= 11 is 0. The van der Waals surface area contributed by atoms with E-state index in [9.17, 15) is 20.2 Å². The van der Waals surface area contributed by atoms with Gasteiger partial charge in [-0.25, -0.2) is 0 Å². The van der Waals surface area contributed by atoms with Gasteiger partial charge in [-0.15, -0.1) is 0 Å². The van der Waals surface area contributed by atoms with E-state index < -0.39 is 9.85 Å². The van der Waals surface area contributed by atoms with Crippen molar-refractivity contribution in [2.75, 3.05) is 0 Å². The topological polar surface area (TPSA) is 86.3 Å². The Kier molecular flexibility index (Phi) is 2.23. The Morgan fingerprint density at radius 3 is 2.38 bits per heavy atom. The fourth-order valence-corrected chi connectivity index (χ4v) is 0.942. The first-order valence-electron chi connectivity index (χ1n) is 3.41. The molecule has 0 aromatic carbocycles. The van der Waals surface area contributed by atoms with Crippen LogP contribution in [0.4, 0.5) is 0 Å². The third-order valence-corrected chi connectivity index (χ3v) is 1.61. The summed E-state index contributed by atoms with van der Waals surface area (Å²) in [6, 6.07) is 0. The van der Waals surface area contributed by atoms with Crippen molar-refractivity contribution >= 4 is 0 Å². The lowest BCUT2D eigenvalue weighted by Crippen LogP contribution is -2.08. The van der Waals surface area contributed by atoms with Gasteiger partial charge in [-0.1, -0.05) is 6.58 Å². The van der Waals surface area contributed by atoms with Gasteiger partial charge in [-0.2, -0.15) is 0 Å². The van der Waals surface area contributed by atoms with E-state index in [1.54, 1.807) is 0 Å². The van der Waals surface area contributed by atoms with Crippen LogP contribution in [0, 0.1) is 20.2 Å². The van der Waals surface area contributed by atoms with Gasteiger partial charge in [0.15, 0.2) is 0 Å². The molecule has 0 saturated carbocycles. The van der Waals surface area contributed by atoms with Gasteiger partial charge in [-0.3, -0.25) is 20.2 Å². The molecule has 0 N–H and O–H groups in total. The quantitative estimate of drug-likeness (QED) is 0.475. The number of hydrogen-bond acceptors (Lipinski definition) is 4. The molecule has 0 bridgehead atoms. The van der Waals surface area contributed by atoms with E-state index in [-0.39, 0.29) is 23.4 Å². The number of hydrogen-bond donors (Lipinski definition) is 0. The molecule has 0 heterocycles. The third-order valence-electron chi connectivity index (χ3n) is 1.61. The lowest BCUT2D eigenvalue weighted by atomic mass is 10.0. The number of allylic oxidation sites excluding steroid dienone is 3. The number of rotatable bonds is 2. The second-order valence-electron chi connectivity index (χ2n) is 2.48. The summed E-state index contributed by atoms with van der Waals surface area (Å²) in [6.07, 6.45) is 2.38. The monoisotopic (exact) mass is 182 g/mol. The first-order valence-corrected chi connectivity index (χ1v) is 3.41. The molecule has 0 saturated heterocycles. The van der Waals surface area contributed by atoms with Crippen molar-refractivity contribution in [3.8, 4) is 0 Å². The summed E-state index contributed by atoms with van der Waals surface area (Å²) in [7, 11) is 0. The molecule has 1 rings (SSSR count). The van der Waals surface area contributed by atoms with Gasteiger partial charge < -0.3 is 0 Å². The van der Waals surface area contributed by atoms with Gasteiger partial charge in [0.1, 0.15) is 0 Å². The molecule has 0 unspecified atom stereocenters. The fourth-order valence-electron chi connectivity index (χ4n) is 0.942. The van der Waals surface area contributed by atoms with Gasteiger partial charge in [0.05, 0.1) is 15.9 Å². The summed E-state index contributed by atoms with van der Waals surface area (Å²) in [5.74, 6) is 0. The number of nitro groups is 2. The largest absolute Gasteiger partial charge is 0.279 e. The van der Waals surface area contributed by atoms with Crippen molar-refractivity contribution in [2.24, 2.45) is 0 Å². The van der Waals surface area contributed by atoms with Crippen LogP contribution in [0.15, 0.2) is 35.7 Å². The highest BCUT2D eigenvalue weighted by atomic mass is 16.6. The van der Waals surface area contributed by atoms with Crippen LogP contribution in [-0.2, 0) is 0 Å². The van der Waals surface area contributed by atoms with E-state index in [2.05, 4.69) is 6.58 Å². The Bertz CT molecular complexity index is 354. The summed E-state index contributed by atoms with van der Waals surface area (Å²) in [6.45, 7) is 3.43. The Hall–Kier alpha value is -1.98. The molecule has 68 valence electrons. The van der Waals surface area contributed by atoms with Gasteiger partial charge >= 0.3 is 0 Å². The maximum absolute atomic E-state index is 10.4. The van der Waals surface area contributed by atoms with Gasteiger partial charge in [-0.05, 0) is 6.08 Å². The second kappa shape index (κ2) is 3.18. The molecule has 0 atom stereocenters. The average Bonchev–Trinajstić information content (AvgIpc) is 2.04. The highest BCUT2D eigenvalue weighted by Gasteiger charge is 2.24. The second-order valence-corrected chi connectivity index (χ2v) is 2.48. The van der Waals surface area contributed by atoms with E-state index >= 15 is 0 Å². The zero-order valence-corrected chi connectivity index (χ0v) is 6.60. The summed E-state index contributed by atoms with van der Waals surface area (Å²) in [5, 5.41) is 20.6. The van der Waals surface area contributed by atoms with Crippen LogP contribution in [0.1, 0.15) is 6.42 Å². The van der Waals surface area contributed by atoms with Gasteiger partial charge in [0, 0.05) is 12.0 Å². The predicted octanol–water partition coefficient (Wildman–Crippen LogP) is 1.27. The molecule has 0 radical (unpaired) electrons. The zero-order chi connectivity index (χ0) is 10.0. The molecule has 6 nitrogen and oxygen atoms in total. The molecule has 0 spiro atoms. The number of nitrogens with zero attached hydrogens (tertiary/aromatic N) is 2. The molecule has 0 fully saturated rings. The zero-order valence-electron chi connectivity index (χ0n) is 6.60. The van der Waals surface area contributed by atoms with Crippen molar-refractivity contribution < 1.29 is 9.85 Å². The summed E-state index contributed by atoms with van der Waals surface area (Å²) in [5.41, 5.74) is -0.246. The molecule has 13 heavy (non-hydrogen) atoms. The highest BCUT2D eigenvalue weighted by Crippen LogP contribution is 2.21. The van der Waals surface area contributed by atoms with E-state index in [0.717, 1.165) is 6.08 Å². The van der Waals surface area contributed by atoms with Crippen LogP contribution >= 0.6 is 0 Å². The first kappa shape index (κ1) is 9.11. The summed E-state index contributed by atoms with van der Waals surface area (Å²) < 4.78 is 0. The van der Waals surface area contributed by atoms with Crippen LogP contribution < -0.4 is 0 Å². The Balaban J connectivity index is 3.05. The normalized spacial score (nSPS) is 16.2. The van der Waals surface area contributed by atoms with Crippen molar-refractivity contribution in [3.05, 3.63) is 55.9 Å². The molecule has 1 aliphatic rings. The van der Waals surface area contributed by atoms with E-state index in [1.807, 2.05) is 0 Å². The van der Waals surface area contributed by atoms with Crippen LogP contribution in [0.2, 0.25) is 0 Å². The molecule has 0 aromatic heterocycles. The van der Waals surface area contributed by atoms with Crippen LogP contribution in [0.5, 0.6) is 0 Å². The van der Waals surface area contributed by atoms with Crippen LogP contribution in [0.25, 0.3) is 0 Å². The Labute approximate surface area is 73.2 Å². The van der Waals surface area contributed by atoms with Crippen molar-refractivity contribution in [1.82, 2.24) is 0 Å². The minimum Gasteiger partial charge on any atom is -0.258 e. The van der Waals surface area contributed by atoms with Crippen LogP contribution in [0.3, 0.4) is 0 Å². The molecule has 0 aliphatic heterocycles. The van der Waals surface area contributed by atoms with Crippen molar-refractivity contribution in [2.45, 2.75) is 6.42 Å². The SMILES string of the molecule is C=C1CC=C([N+](=O)[O-])C=C1[N+](=O)[O-]. The smallest absolute Gasteiger partial charge is 0.258 e. The standard InChI is InChI=1S/C7H6N2O4/c1-5-2-3-6(8(10)11)4-7(5)9(12)13/h3-4H,1-2H2. The Morgan fingerprint density at radius 2 is 1.92 bits per heavy atom. The van der Waals surface area contributed by atoms with Crippen LogP contribution in [-0.4, -0.2) is 9.85 Å². The lowest BCUT2D eigenvalue weighted by molar-refractivity contribution is -0.433. The van der Waals surface area contributed by atoms with Gasteiger partial charge in [0.2, 0.25) is 0 Å². The maximum Gasteiger partial charge on any atom is 0.279 e. The molecular weight excluding hydrogens is 176 g/mol. The third kappa shape index (κ3) is 1.78. The highest BCUT2D eigenvalue weighted by molar-refractivity contribution is 5.34. The van der Waals surface area contributed by atoms with Gasteiger partial charge in [0.25, 0.3) is 11.4 Å².